The molecule has 0 bridgehead atoms. The molecule has 0 radical (unpaired) electrons. The Bertz CT molecular complexity index is 521. The standard InChI is InChI=1S/C13H9ClF3N/c14-10-6-9(2-4-11(10)15)18-7-8-1-3-12(16)13(17)5-8/h1-6,18H,7H2. The predicted molar refractivity (Wildman–Crippen MR) is 65.1 cm³/mol. The summed E-state index contributed by atoms with van der Waals surface area (Å²) in [7, 11) is 0. The van der Waals surface area contributed by atoms with Gasteiger partial charge in [-0.15, -0.1) is 0 Å². The molecule has 0 aliphatic carbocycles. The van der Waals surface area contributed by atoms with Crippen molar-refractivity contribution in [3.63, 3.8) is 0 Å². The van der Waals surface area contributed by atoms with Gasteiger partial charge in [-0.25, -0.2) is 13.2 Å². The first-order chi connectivity index (χ1) is 8.56. The summed E-state index contributed by atoms with van der Waals surface area (Å²) in [4.78, 5) is 0. The fourth-order valence-electron chi connectivity index (χ4n) is 1.46. The Hall–Kier alpha value is -1.68. The average Bonchev–Trinajstić information content (AvgIpc) is 2.35. The van der Waals surface area contributed by atoms with Crippen LogP contribution in [-0.4, -0.2) is 0 Å². The first-order valence-electron chi connectivity index (χ1n) is 5.19. The van der Waals surface area contributed by atoms with Crippen LogP contribution in [-0.2, 0) is 6.54 Å². The first-order valence-corrected chi connectivity index (χ1v) is 5.57. The maximum absolute atomic E-state index is 12.9. The maximum Gasteiger partial charge on any atom is 0.159 e. The third kappa shape index (κ3) is 2.96. The van der Waals surface area contributed by atoms with Crippen molar-refractivity contribution < 1.29 is 13.2 Å². The Kier molecular flexibility index (Phi) is 3.77. The Morgan fingerprint density at radius 2 is 1.61 bits per heavy atom. The van der Waals surface area contributed by atoms with Crippen LogP contribution in [0.2, 0.25) is 5.02 Å². The van der Waals surface area contributed by atoms with Crippen molar-refractivity contribution in [2.24, 2.45) is 0 Å². The van der Waals surface area contributed by atoms with E-state index in [1.807, 2.05) is 0 Å². The Labute approximate surface area is 107 Å². The van der Waals surface area contributed by atoms with Crippen molar-refractivity contribution in [2.45, 2.75) is 6.54 Å². The highest BCUT2D eigenvalue weighted by Crippen LogP contribution is 2.20. The van der Waals surface area contributed by atoms with Crippen LogP contribution in [0.15, 0.2) is 36.4 Å². The molecule has 0 aliphatic heterocycles. The number of nitrogens with one attached hydrogen (secondary N) is 1. The smallest absolute Gasteiger partial charge is 0.159 e. The summed E-state index contributed by atoms with van der Waals surface area (Å²) < 4.78 is 38.6. The van der Waals surface area contributed by atoms with Gasteiger partial charge in [0.05, 0.1) is 5.02 Å². The number of hydrogen-bond acceptors (Lipinski definition) is 1. The quantitative estimate of drug-likeness (QED) is 0.874. The van der Waals surface area contributed by atoms with Gasteiger partial charge in [0.15, 0.2) is 11.6 Å². The highest BCUT2D eigenvalue weighted by atomic mass is 35.5. The summed E-state index contributed by atoms with van der Waals surface area (Å²) in [5, 5.41) is 2.94. The zero-order valence-corrected chi connectivity index (χ0v) is 9.94. The van der Waals surface area contributed by atoms with Crippen molar-refractivity contribution in [1.29, 1.82) is 0 Å². The number of hydrogen-bond donors (Lipinski definition) is 1. The second kappa shape index (κ2) is 5.31. The molecule has 0 unspecified atom stereocenters. The highest BCUT2D eigenvalue weighted by Gasteiger charge is 2.03. The van der Waals surface area contributed by atoms with E-state index in [1.54, 1.807) is 0 Å². The van der Waals surface area contributed by atoms with Crippen LogP contribution in [0.4, 0.5) is 18.9 Å². The van der Waals surface area contributed by atoms with Crippen molar-refractivity contribution in [3.05, 3.63) is 64.4 Å². The topological polar surface area (TPSA) is 12.0 Å². The van der Waals surface area contributed by atoms with Gasteiger partial charge in [0.2, 0.25) is 0 Å². The largest absolute Gasteiger partial charge is 0.381 e. The van der Waals surface area contributed by atoms with Crippen molar-refractivity contribution in [3.8, 4) is 0 Å². The van der Waals surface area contributed by atoms with Gasteiger partial charge in [0.25, 0.3) is 0 Å². The third-order valence-electron chi connectivity index (χ3n) is 2.40. The second-order valence-electron chi connectivity index (χ2n) is 3.73. The van der Waals surface area contributed by atoms with E-state index < -0.39 is 17.5 Å². The molecule has 0 saturated heterocycles. The summed E-state index contributed by atoms with van der Waals surface area (Å²) in [6, 6.07) is 7.81. The average molecular weight is 272 g/mol. The van der Waals surface area contributed by atoms with Gasteiger partial charge < -0.3 is 5.32 Å². The molecule has 0 saturated carbocycles. The molecule has 1 N–H and O–H groups in total. The summed E-state index contributed by atoms with van der Waals surface area (Å²) in [5.74, 6) is -2.29. The molecule has 0 heterocycles. The molecule has 2 aromatic rings. The van der Waals surface area contributed by atoms with Crippen LogP contribution < -0.4 is 5.32 Å². The van der Waals surface area contributed by atoms with Gasteiger partial charge in [-0.3, -0.25) is 0 Å². The summed E-state index contributed by atoms with van der Waals surface area (Å²) >= 11 is 5.62. The molecular weight excluding hydrogens is 263 g/mol. The number of benzene rings is 2. The van der Waals surface area contributed by atoms with Gasteiger partial charge in [-0.05, 0) is 35.9 Å². The van der Waals surface area contributed by atoms with E-state index in [4.69, 9.17) is 11.6 Å². The van der Waals surface area contributed by atoms with Crippen molar-refractivity contribution in [2.75, 3.05) is 5.32 Å². The fraction of sp³-hybridized carbons (Fsp3) is 0.0769. The number of halogens is 4. The van der Waals surface area contributed by atoms with Crippen molar-refractivity contribution >= 4 is 17.3 Å². The molecule has 5 heteroatoms. The lowest BCUT2D eigenvalue weighted by atomic mass is 10.2. The van der Waals surface area contributed by atoms with E-state index in [2.05, 4.69) is 5.32 Å². The molecule has 0 fully saturated rings. The van der Waals surface area contributed by atoms with Crippen LogP contribution in [0.25, 0.3) is 0 Å². The zero-order valence-electron chi connectivity index (χ0n) is 9.18. The molecule has 0 atom stereocenters. The lowest BCUT2D eigenvalue weighted by molar-refractivity contribution is 0.507. The van der Waals surface area contributed by atoms with E-state index in [0.29, 0.717) is 17.8 Å². The Balaban J connectivity index is 2.06. The maximum atomic E-state index is 12.9. The molecule has 94 valence electrons. The summed E-state index contributed by atoms with van der Waals surface area (Å²) in [5.41, 5.74) is 1.18. The van der Waals surface area contributed by atoms with Gasteiger partial charge in [-0.1, -0.05) is 17.7 Å². The van der Waals surface area contributed by atoms with Crippen LogP contribution in [0.3, 0.4) is 0 Å². The monoisotopic (exact) mass is 271 g/mol. The lowest BCUT2D eigenvalue weighted by Gasteiger charge is -2.07. The summed E-state index contributed by atoms with van der Waals surface area (Å²) in [6.45, 7) is 0.291. The van der Waals surface area contributed by atoms with Crippen LogP contribution in [0.1, 0.15) is 5.56 Å². The summed E-state index contributed by atoms with van der Waals surface area (Å²) in [6.07, 6.45) is 0. The van der Waals surface area contributed by atoms with E-state index in [-0.39, 0.29) is 5.02 Å². The lowest BCUT2D eigenvalue weighted by Crippen LogP contribution is -2.00. The molecule has 18 heavy (non-hydrogen) atoms. The second-order valence-corrected chi connectivity index (χ2v) is 4.14. The fourth-order valence-corrected chi connectivity index (χ4v) is 1.64. The van der Waals surface area contributed by atoms with E-state index in [1.165, 1.54) is 24.3 Å². The van der Waals surface area contributed by atoms with Gasteiger partial charge in [-0.2, -0.15) is 0 Å². The number of rotatable bonds is 3. The normalized spacial score (nSPS) is 10.4. The van der Waals surface area contributed by atoms with Crippen LogP contribution in [0.5, 0.6) is 0 Å². The molecule has 2 aromatic carbocycles. The van der Waals surface area contributed by atoms with Crippen molar-refractivity contribution in [1.82, 2.24) is 0 Å². The minimum Gasteiger partial charge on any atom is -0.381 e. The third-order valence-corrected chi connectivity index (χ3v) is 2.69. The zero-order chi connectivity index (χ0) is 13.1. The molecular formula is C13H9ClF3N. The van der Waals surface area contributed by atoms with Gasteiger partial charge in [0.1, 0.15) is 5.82 Å². The molecule has 2 rings (SSSR count). The highest BCUT2D eigenvalue weighted by molar-refractivity contribution is 6.31. The number of anilines is 1. The van der Waals surface area contributed by atoms with E-state index in [9.17, 15) is 13.2 Å². The molecule has 0 aromatic heterocycles. The molecule has 0 amide bonds. The molecule has 1 nitrogen and oxygen atoms in total. The van der Waals surface area contributed by atoms with E-state index >= 15 is 0 Å². The van der Waals surface area contributed by atoms with Crippen LogP contribution in [0, 0.1) is 17.5 Å². The first kappa shape index (κ1) is 12.8. The minimum absolute atomic E-state index is 0.00490. The van der Waals surface area contributed by atoms with E-state index in [0.717, 1.165) is 12.1 Å². The Morgan fingerprint density at radius 3 is 2.28 bits per heavy atom. The van der Waals surface area contributed by atoms with Crippen LogP contribution >= 0.6 is 11.6 Å². The Morgan fingerprint density at radius 1 is 0.889 bits per heavy atom. The predicted octanol–water partition coefficient (Wildman–Crippen LogP) is 4.37. The molecule has 0 aliphatic rings. The van der Waals surface area contributed by atoms with Gasteiger partial charge in [0, 0.05) is 12.2 Å². The SMILES string of the molecule is Fc1ccc(CNc2ccc(F)c(Cl)c2)cc1F. The minimum atomic E-state index is -0.897. The van der Waals surface area contributed by atoms with Gasteiger partial charge >= 0.3 is 0 Å². The molecule has 0 spiro atoms.